The van der Waals surface area contributed by atoms with E-state index in [4.69, 9.17) is 11.6 Å². The summed E-state index contributed by atoms with van der Waals surface area (Å²) in [7, 11) is -3.79. The Bertz CT molecular complexity index is 1080. The summed E-state index contributed by atoms with van der Waals surface area (Å²) in [6.45, 7) is 1.48. The minimum absolute atomic E-state index is 0.0207. The highest BCUT2D eigenvalue weighted by molar-refractivity contribution is 7.99. The van der Waals surface area contributed by atoms with Crippen LogP contribution in [0.3, 0.4) is 0 Å². The van der Waals surface area contributed by atoms with E-state index in [0.717, 1.165) is 17.0 Å². The van der Waals surface area contributed by atoms with Gasteiger partial charge >= 0.3 is 0 Å². The van der Waals surface area contributed by atoms with Crippen LogP contribution in [-0.2, 0) is 19.4 Å². The highest BCUT2D eigenvalue weighted by Crippen LogP contribution is 2.33. The van der Waals surface area contributed by atoms with E-state index in [9.17, 15) is 22.4 Å². The van der Waals surface area contributed by atoms with Crippen molar-refractivity contribution in [2.24, 2.45) is 5.92 Å². The molecule has 3 rings (SSSR count). The average molecular weight is 457 g/mol. The van der Waals surface area contributed by atoms with Gasteiger partial charge in [0, 0.05) is 23.0 Å². The maximum atomic E-state index is 13.1. The standard InChI is InChI=1S/C19H18ClFN2O4S2/c1-11(19(25)23-15-4-2-12(21)8-14(15)20)10-29(26,27)13-3-5-17-16(9-13)22-18(24)6-7-28-17/h2-5,8-9,11H,6-7,10H2,1H3,(H,22,24)(H,23,25)/t11-/m1/s1. The van der Waals surface area contributed by atoms with E-state index in [0.29, 0.717) is 17.9 Å². The van der Waals surface area contributed by atoms with Crippen LogP contribution < -0.4 is 10.6 Å². The van der Waals surface area contributed by atoms with E-state index < -0.39 is 33.2 Å². The van der Waals surface area contributed by atoms with Crippen molar-refractivity contribution in [1.82, 2.24) is 0 Å². The average Bonchev–Trinajstić information content (AvgIpc) is 2.83. The topological polar surface area (TPSA) is 92.3 Å². The molecule has 29 heavy (non-hydrogen) atoms. The molecule has 6 nitrogen and oxygen atoms in total. The van der Waals surface area contributed by atoms with Crippen molar-refractivity contribution in [2.45, 2.75) is 23.1 Å². The van der Waals surface area contributed by atoms with Crippen LogP contribution in [0.2, 0.25) is 5.02 Å². The van der Waals surface area contributed by atoms with Crippen LogP contribution >= 0.6 is 23.4 Å². The van der Waals surface area contributed by atoms with Crippen LogP contribution in [0.4, 0.5) is 15.8 Å². The molecule has 154 valence electrons. The van der Waals surface area contributed by atoms with Gasteiger partial charge in [-0.3, -0.25) is 9.59 Å². The third kappa shape index (κ3) is 5.29. The van der Waals surface area contributed by atoms with Crippen molar-refractivity contribution in [3.63, 3.8) is 0 Å². The Balaban J connectivity index is 1.74. The number of sulfone groups is 1. The number of hydrogen-bond acceptors (Lipinski definition) is 5. The third-order valence-electron chi connectivity index (χ3n) is 4.28. The van der Waals surface area contributed by atoms with Crippen molar-refractivity contribution < 1.29 is 22.4 Å². The fourth-order valence-electron chi connectivity index (χ4n) is 2.74. The van der Waals surface area contributed by atoms with E-state index in [2.05, 4.69) is 10.6 Å². The van der Waals surface area contributed by atoms with Gasteiger partial charge in [-0.15, -0.1) is 11.8 Å². The fourth-order valence-corrected chi connectivity index (χ4v) is 5.47. The molecular weight excluding hydrogens is 439 g/mol. The molecule has 0 unspecified atom stereocenters. The molecule has 0 saturated carbocycles. The van der Waals surface area contributed by atoms with Crippen LogP contribution in [0.25, 0.3) is 0 Å². The number of halogens is 2. The number of benzene rings is 2. The molecule has 2 amide bonds. The highest BCUT2D eigenvalue weighted by Gasteiger charge is 2.25. The molecule has 1 heterocycles. The number of anilines is 2. The van der Waals surface area contributed by atoms with Crippen LogP contribution in [0.15, 0.2) is 46.2 Å². The van der Waals surface area contributed by atoms with Gasteiger partial charge in [-0.1, -0.05) is 18.5 Å². The number of amides is 2. The summed E-state index contributed by atoms with van der Waals surface area (Å²) >= 11 is 7.36. The molecule has 0 aromatic heterocycles. The van der Waals surface area contributed by atoms with Gasteiger partial charge in [0.15, 0.2) is 9.84 Å². The summed E-state index contributed by atoms with van der Waals surface area (Å²) in [4.78, 5) is 25.0. The Morgan fingerprint density at radius 1 is 1.31 bits per heavy atom. The number of thioether (sulfide) groups is 1. The number of hydrogen-bond donors (Lipinski definition) is 2. The molecule has 0 saturated heterocycles. The Morgan fingerprint density at radius 2 is 2.07 bits per heavy atom. The van der Waals surface area contributed by atoms with Gasteiger partial charge in [0.05, 0.1) is 27.0 Å². The van der Waals surface area contributed by atoms with Crippen molar-refractivity contribution in [2.75, 3.05) is 22.1 Å². The number of nitrogens with one attached hydrogen (secondary N) is 2. The number of carbonyl (C=O) groups excluding carboxylic acids is 2. The van der Waals surface area contributed by atoms with E-state index in [1.165, 1.54) is 36.9 Å². The molecule has 2 aromatic rings. The van der Waals surface area contributed by atoms with Gasteiger partial charge in [-0.05, 0) is 36.4 Å². The van der Waals surface area contributed by atoms with Gasteiger partial charge in [0.1, 0.15) is 5.82 Å². The van der Waals surface area contributed by atoms with Crippen molar-refractivity contribution in [1.29, 1.82) is 0 Å². The predicted octanol–water partition coefficient (Wildman–Crippen LogP) is 3.96. The lowest BCUT2D eigenvalue weighted by Crippen LogP contribution is -2.27. The van der Waals surface area contributed by atoms with Gasteiger partial charge in [-0.2, -0.15) is 0 Å². The van der Waals surface area contributed by atoms with E-state index >= 15 is 0 Å². The molecule has 10 heteroatoms. The molecular formula is C19H18ClFN2O4S2. The zero-order valence-corrected chi connectivity index (χ0v) is 17.8. The Kier molecular flexibility index (Phi) is 6.50. The molecule has 2 aromatic carbocycles. The summed E-state index contributed by atoms with van der Waals surface area (Å²) in [6, 6.07) is 8.05. The first-order chi connectivity index (χ1) is 13.7. The van der Waals surface area contributed by atoms with Crippen LogP contribution in [0.5, 0.6) is 0 Å². The number of rotatable bonds is 5. The van der Waals surface area contributed by atoms with Crippen molar-refractivity contribution >= 4 is 56.4 Å². The second-order valence-electron chi connectivity index (χ2n) is 6.60. The van der Waals surface area contributed by atoms with Crippen molar-refractivity contribution in [3.05, 3.63) is 47.2 Å². The number of carbonyl (C=O) groups is 2. The molecule has 0 aliphatic carbocycles. The Hall–Kier alpha value is -2.10. The normalized spacial score (nSPS) is 15.1. The summed E-state index contributed by atoms with van der Waals surface area (Å²) in [5.74, 6) is -1.97. The smallest absolute Gasteiger partial charge is 0.228 e. The minimum Gasteiger partial charge on any atom is -0.325 e. The first kappa shape index (κ1) is 21.6. The van der Waals surface area contributed by atoms with E-state index in [1.807, 2.05) is 0 Å². The fraction of sp³-hybridized carbons (Fsp3) is 0.263. The third-order valence-corrected chi connectivity index (χ3v) is 7.58. The van der Waals surface area contributed by atoms with Gasteiger partial charge in [0.2, 0.25) is 11.8 Å². The second-order valence-corrected chi connectivity index (χ2v) is 10.2. The maximum absolute atomic E-state index is 13.1. The lowest BCUT2D eigenvalue weighted by Gasteiger charge is -2.15. The highest BCUT2D eigenvalue weighted by atomic mass is 35.5. The molecule has 0 bridgehead atoms. The lowest BCUT2D eigenvalue weighted by atomic mass is 10.2. The lowest BCUT2D eigenvalue weighted by molar-refractivity contribution is -0.119. The van der Waals surface area contributed by atoms with Gasteiger partial charge < -0.3 is 10.6 Å². The van der Waals surface area contributed by atoms with Crippen molar-refractivity contribution in [3.8, 4) is 0 Å². The molecule has 2 N–H and O–H groups in total. The largest absolute Gasteiger partial charge is 0.325 e. The minimum atomic E-state index is -3.79. The maximum Gasteiger partial charge on any atom is 0.228 e. The first-order valence-electron chi connectivity index (χ1n) is 8.71. The predicted molar refractivity (Wildman–Crippen MR) is 112 cm³/mol. The molecule has 1 aliphatic heterocycles. The Labute approximate surface area is 177 Å². The monoisotopic (exact) mass is 456 g/mol. The quantitative estimate of drug-likeness (QED) is 0.710. The SMILES string of the molecule is C[C@H](CS(=O)(=O)c1ccc2c(c1)NC(=O)CCS2)C(=O)Nc1ccc(F)cc1Cl. The van der Waals surface area contributed by atoms with Gasteiger partial charge in [-0.25, -0.2) is 12.8 Å². The summed E-state index contributed by atoms with van der Waals surface area (Å²) in [5.41, 5.74) is 0.654. The molecule has 0 spiro atoms. The van der Waals surface area contributed by atoms with Crippen LogP contribution in [0, 0.1) is 11.7 Å². The zero-order chi connectivity index (χ0) is 21.2. The van der Waals surface area contributed by atoms with Crippen LogP contribution in [0.1, 0.15) is 13.3 Å². The summed E-state index contributed by atoms with van der Waals surface area (Å²) < 4.78 is 38.7. The van der Waals surface area contributed by atoms with E-state index in [1.54, 1.807) is 6.07 Å². The summed E-state index contributed by atoms with van der Waals surface area (Å²) in [6.07, 6.45) is 0.352. The molecule has 1 aliphatic rings. The number of fused-ring (bicyclic) bond motifs is 1. The molecule has 0 fully saturated rings. The van der Waals surface area contributed by atoms with Crippen LogP contribution in [-0.4, -0.2) is 31.7 Å². The Morgan fingerprint density at radius 3 is 2.79 bits per heavy atom. The summed E-state index contributed by atoms with van der Waals surface area (Å²) in [5, 5.41) is 5.24. The zero-order valence-electron chi connectivity index (χ0n) is 15.4. The second kappa shape index (κ2) is 8.73. The first-order valence-corrected chi connectivity index (χ1v) is 11.7. The van der Waals surface area contributed by atoms with Gasteiger partial charge in [0.25, 0.3) is 0 Å². The molecule has 1 atom stereocenters. The molecule has 0 radical (unpaired) electrons. The van der Waals surface area contributed by atoms with E-state index in [-0.39, 0.29) is 21.5 Å².